The van der Waals surface area contributed by atoms with Crippen LogP contribution in [0, 0.1) is 0 Å². The summed E-state index contributed by atoms with van der Waals surface area (Å²) in [5, 5.41) is 0. The van der Waals surface area contributed by atoms with Gasteiger partial charge in [-0.2, -0.15) is 0 Å². The Kier molecular flexibility index (Phi) is 3.33. The lowest BCUT2D eigenvalue weighted by molar-refractivity contribution is -0.118. The minimum atomic E-state index is -3.48. The summed E-state index contributed by atoms with van der Waals surface area (Å²) in [6.45, 7) is 0.356. The summed E-state index contributed by atoms with van der Waals surface area (Å²) in [7, 11) is -3.48. The summed E-state index contributed by atoms with van der Waals surface area (Å²) >= 11 is 0. The molecule has 1 aromatic carbocycles. The van der Waals surface area contributed by atoms with Crippen LogP contribution in [0.15, 0.2) is 34.2 Å². The van der Waals surface area contributed by atoms with Crippen molar-refractivity contribution in [3.8, 4) is 0 Å². The maximum absolute atomic E-state index is 11.7. The first-order valence-electron chi connectivity index (χ1n) is 5.46. The van der Waals surface area contributed by atoms with Gasteiger partial charge in [0.05, 0.1) is 4.90 Å². The van der Waals surface area contributed by atoms with E-state index in [9.17, 15) is 13.2 Å². The minimum absolute atomic E-state index is 0.235. The number of hydrogen-bond acceptors (Lipinski definition) is 4. The number of nitrogens with one attached hydrogen (secondary N) is 1. The summed E-state index contributed by atoms with van der Waals surface area (Å²) in [5.74, 6) is -0.0577. The maximum atomic E-state index is 11.7. The first kappa shape index (κ1) is 12.6. The van der Waals surface area contributed by atoms with E-state index in [1.807, 2.05) is 0 Å². The van der Waals surface area contributed by atoms with Crippen molar-refractivity contribution in [3.05, 3.63) is 29.8 Å². The molecular weight excluding hydrogens is 254 g/mol. The quantitative estimate of drug-likeness (QED) is 0.750. The van der Waals surface area contributed by atoms with E-state index < -0.39 is 10.0 Å². The molecule has 6 nitrogen and oxygen atoms in total. The van der Waals surface area contributed by atoms with Gasteiger partial charge in [0.1, 0.15) is 5.84 Å². The van der Waals surface area contributed by atoms with Gasteiger partial charge < -0.3 is 5.73 Å². The van der Waals surface area contributed by atoms with Gasteiger partial charge in [0.2, 0.25) is 5.91 Å². The number of amides is 1. The molecule has 96 valence electrons. The molecule has 1 heterocycles. The van der Waals surface area contributed by atoms with Gasteiger partial charge >= 0.3 is 0 Å². The number of hydrogen-bond donors (Lipinski definition) is 2. The number of primary amides is 1. The molecular formula is C11H13N3O3S. The molecule has 0 aliphatic carbocycles. The predicted molar refractivity (Wildman–Crippen MR) is 66.6 cm³/mol. The molecule has 1 aliphatic heterocycles. The average molecular weight is 267 g/mol. The number of aliphatic imine (C=N–C) groups is 1. The zero-order chi connectivity index (χ0) is 13.2. The second-order valence-corrected chi connectivity index (χ2v) is 5.55. The minimum Gasteiger partial charge on any atom is -0.370 e. The molecule has 0 fully saturated rings. The van der Waals surface area contributed by atoms with E-state index in [2.05, 4.69) is 9.71 Å². The second kappa shape index (κ2) is 4.77. The number of nitrogens with zero attached hydrogens (tertiary/aromatic N) is 1. The standard InChI is InChI=1S/C11H13N3O3S/c12-10(15)6-3-7-13-11-8-4-1-2-5-9(8)18(16,17)14-11/h1-2,4-5H,3,6-7H2,(H2,12,15)(H,13,14). The van der Waals surface area contributed by atoms with Gasteiger partial charge in [-0.1, -0.05) is 12.1 Å². The molecule has 2 rings (SSSR count). The first-order chi connectivity index (χ1) is 8.50. The number of carbonyl (C=O) groups excluding carboxylic acids is 1. The lowest BCUT2D eigenvalue weighted by Crippen LogP contribution is -2.22. The Morgan fingerprint density at radius 3 is 2.78 bits per heavy atom. The molecule has 0 aromatic heterocycles. The van der Waals surface area contributed by atoms with Crippen molar-refractivity contribution in [1.82, 2.24) is 4.72 Å². The molecule has 0 unspecified atom stereocenters. The Morgan fingerprint density at radius 2 is 2.06 bits per heavy atom. The van der Waals surface area contributed by atoms with Crippen LogP contribution in [0.5, 0.6) is 0 Å². The van der Waals surface area contributed by atoms with E-state index in [-0.39, 0.29) is 17.2 Å². The molecule has 0 saturated carbocycles. The molecule has 0 spiro atoms. The Balaban J connectivity index is 2.18. The van der Waals surface area contributed by atoms with Gasteiger partial charge in [-0.15, -0.1) is 0 Å². The molecule has 1 aromatic rings. The highest BCUT2D eigenvalue weighted by Crippen LogP contribution is 2.22. The Hall–Kier alpha value is -1.89. The van der Waals surface area contributed by atoms with E-state index in [4.69, 9.17) is 5.73 Å². The molecule has 1 aliphatic rings. The molecule has 18 heavy (non-hydrogen) atoms. The van der Waals surface area contributed by atoms with Crippen molar-refractivity contribution in [2.75, 3.05) is 6.54 Å². The average Bonchev–Trinajstić information content (AvgIpc) is 2.57. The molecule has 0 saturated heterocycles. The Bertz CT molecular complexity index is 608. The van der Waals surface area contributed by atoms with Gasteiger partial charge in [0.25, 0.3) is 10.0 Å². The zero-order valence-corrected chi connectivity index (χ0v) is 10.4. The van der Waals surface area contributed by atoms with E-state index in [1.165, 1.54) is 6.07 Å². The Morgan fingerprint density at radius 1 is 1.33 bits per heavy atom. The molecule has 0 bridgehead atoms. The Labute approximate surface area is 105 Å². The fourth-order valence-corrected chi connectivity index (χ4v) is 2.95. The number of nitrogens with two attached hydrogens (primary N) is 1. The van der Waals surface area contributed by atoms with Crippen LogP contribution in [0.4, 0.5) is 0 Å². The van der Waals surface area contributed by atoms with Gasteiger partial charge in [0, 0.05) is 18.5 Å². The lowest BCUT2D eigenvalue weighted by atomic mass is 10.2. The summed E-state index contributed by atoms with van der Waals surface area (Å²) in [5.41, 5.74) is 5.57. The smallest absolute Gasteiger partial charge is 0.263 e. The molecule has 0 atom stereocenters. The maximum Gasteiger partial charge on any atom is 0.263 e. The zero-order valence-electron chi connectivity index (χ0n) is 9.59. The number of fused-ring (bicyclic) bond motifs is 1. The van der Waals surface area contributed by atoms with Crippen LogP contribution in [0.3, 0.4) is 0 Å². The summed E-state index contributed by atoms with van der Waals surface area (Å²) in [6.07, 6.45) is 0.744. The largest absolute Gasteiger partial charge is 0.370 e. The number of rotatable bonds is 4. The van der Waals surface area contributed by atoms with Crippen molar-refractivity contribution in [3.63, 3.8) is 0 Å². The van der Waals surface area contributed by atoms with Crippen LogP contribution in [0.25, 0.3) is 0 Å². The van der Waals surface area contributed by atoms with Crippen LogP contribution in [-0.4, -0.2) is 26.7 Å². The van der Waals surface area contributed by atoms with Crippen LogP contribution >= 0.6 is 0 Å². The predicted octanol–water partition coefficient (Wildman–Crippen LogP) is -0.00940. The van der Waals surface area contributed by atoms with E-state index in [0.717, 1.165) is 0 Å². The molecule has 0 radical (unpaired) electrons. The SMILES string of the molecule is NC(=O)CCCN=C1NS(=O)(=O)c2ccccc21. The normalized spacial score (nSPS) is 18.3. The number of sulfonamides is 1. The lowest BCUT2D eigenvalue weighted by Gasteiger charge is -1.98. The van der Waals surface area contributed by atoms with Crippen molar-refractivity contribution < 1.29 is 13.2 Å². The van der Waals surface area contributed by atoms with Gasteiger partial charge in [-0.25, -0.2) is 8.42 Å². The number of amidine groups is 1. The first-order valence-corrected chi connectivity index (χ1v) is 6.94. The number of carbonyl (C=O) groups is 1. The molecule has 1 amide bonds. The summed E-state index contributed by atoms with van der Waals surface area (Å²) in [6, 6.07) is 6.64. The van der Waals surface area contributed by atoms with E-state index >= 15 is 0 Å². The fourth-order valence-electron chi connectivity index (χ4n) is 1.70. The molecule has 3 N–H and O–H groups in total. The number of benzene rings is 1. The van der Waals surface area contributed by atoms with Crippen molar-refractivity contribution >= 4 is 21.8 Å². The van der Waals surface area contributed by atoms with Crippen LogP contribution in [-0.2, 0) is 14.8 Å². The van der Waals surface area contributed by atoms with Crippen molar-refractivity contribution in [1.29, 1.82) is 0 Å². The van der Waals surface area contributed by atoms with Gasteiger partial charge in [-0.05, 0) is 18.6 Å². The van der Waals surface area contributed by atoms with Crippen LogP contribution in [0.2, 0.25) is 0 Å². The van der Waals surface area contributed by atoms with Crippen LogP contribution in [0.1, 0.15) is 18.4 Å². The third-order valence-corrected chi connectivity index (χ3v) is 3.91. The fraction of sp³-hybridized carbons (Fsp3) is 0.273. The van der Waals surface area contributed by atoms with Crippen molar-refractivity contribution in [2.45, 2.75) is 17.7 Å². The van der Waals surface area contributed by atoms with Crippen molar-refractivity contribution in [2.24, 2.45) is 10.7 Å². The van der Waals surface area contributed by atoms with Crippen LogP contribution < -0.4 is 10.5 Å². The monoisotopic (exact) mass is 267 g/mol. The van der Waals surface area contributed by atoms with E-state index in [0.29, 0.717) is 24.4 Å². The second-order valence-electron chi connectivity index (χ2n) is 3.90. The van der Waals surface area contributed by atoms with Gasteiger partial charge in [-0.3, -0.25) is 14.5 Å². The molecule has 7 heteroatoms. The highest BCUT2D eigenvalue weighted by molar-refractivity contribution is 7.90. The highest BCUT2D eigenvalue weighted by Gasteiger charge is 2.29. The third kappa shape index (κ3) is 2.51. The summed E-state index contributed by atoms with van der Waals surface area (Å²) in [4.78, 5) is 14.9. The summed E-state index contributed by atoms with van der Waals surface area (Å²) < 4.78 is 25.9. The third-order valence-electron chi connectivity index (χ3n) is 2.51. The topological polar surface area (TPSA) is 102 Å². The highest BCUT2D eigenvalue weighted by atomic mass is 32.2. The van der Waals surface area contributed by atoms with E-state index in [1.54, 1.807) is 18.2 Å². The van der Waals surface area contributed by atoms with Gasteiger partial charge in [0.15, 0.2) is 0 Å².